The molecule has 672 valence electrons. The van der Waals surface area contributed by atoms with Gasteiger partial charge in [-0.05, 0) is 235 Å². The first-order chi connectivity index (χ1) is 63.7. The highest BCUT2D eigenvalue weighted by molar-refractivity contribution is 9.11. The molecule has 3 unspecified atom stereocenters. The molecule has 0 saturated carbocycles. The molecule has 0 radical (unpaired) electrons. The van der Waals surface area contributed by atoms with Crippen LogP contribution in [0.5, 0.6) is 0 Å². The fourth-order valence-corrected chi connectivity index (χ4v) is 18.8. The van der Waals surface area contributed by atoms with Crippen LogP contribution in [0.4, 0.5) is 0 Å². The molecule has 6 aliphatic heterocycles. The molecule has 0 fully saturated rings. The van der Waals surface area contributed by atoms with Gasteiger partial charge in [0.25, 0.3) is 35.4 Å². The van der Waals surface area contributed by atoms with Gasteiger partial charge < -0.3 is 43.1 Å². The predicted molar refractivity (Wildman–Crippen MR) is 499 cm³/mol. The SMILES string of the molecule is CC1c2cnnn2CCN1C(=O)c1cc2ccc(Br)cn2n1.CC1c2cnnn2CCN1C(=O)c1cc2ccc(Cl)cn2n1.Cc1ccc2n1CCN(C(=O)c1cc3ccc(Br)cn3n1)C2.Cc1ccc2n1CCN(C(=O)c1cc3ccc(Br)cn3n1)C2C.Cc1ccc2n1CCN(C(=O)c1cc3ccc(Cl)cn3n1)C2.O=C(c1cc2ccc(Cl)cn2n1)N1CCn2nncc2C1. The number of carbonyl (C=O) groups excluding carboxylic acids is 6. The Bertz CT molecular complexity index is 7220. The van der Waals surface area contributed by atoms with E-state index in [-0.39, 0.29) is 53.6 Å². The van der Waals surface area contributed by atoms with Crippen LogP contribution in [-0.4, -0.2) is 220 Å². The summed E-state index contributed by atoms with van der Waals surface area (Å²) in [5, 5.41) is 51.6. The first-order valence-electron chi connectivity index (χ1n) is 42.6. The molecule has 0 N–H and O–H groups in total. The zero-order chi connectivity index (χ0) is 91.6. The van der Waals surface area contributed by atoms with Crippen LogP contribution in [0, 0.1) is 20.8 Å². The van der Waals surface area contributed by atoms with E-state index >= 15 is 0 Å². The van der Waals surface area contributed by atoms with Gasteiger partial charge in [0.1, 0.15) is 0 Å². The van der Waals surface area contributed by atoms with Crippen LogP contribution in [0.15, 0.2) is 215 Å². The van der Waals surface area contributed by atoms with Crippen molar-refractivity contribution in [3.05, 3.63) is 315 Å². The number of halogens is 6. The van der Waals surface area contributed by atoms with Crippen LogP contribution in [0.1, 0.15) is 153 Å². The second-order valence-electron chi connectivity index (χ2n) is 32.7. The highest BCUT2D eigenvalue weighted by atomic mass is 79.9. The molecule has 0 bridgehead atoms. The van der Waals surface area contributed by atoms with Gasteiger partial charge in [-0.1, -0.05) is 50.4 Å². The molecule has 132 heavy (non-hydrogen) atoms. The highest BCUT2D eigenvalue weighted by Crippen LogP contribution is 2.33. The van der Waals surface area contributed by atoms with E-state index in [9.17, 15) is 28.8 Å². The van der Waals surface area contributed by atoms with Crippen molar-refractivity contribution in [2.45, 2.75) is 119 Å². The van der Waals surface area contributed by atoms with Crippen molar-refractivity contribution in [3.8, 4) is 0 Å². The maximum Gasteiger partial charge on any atom is 0.275 e. The Kier molecular flexibility index (Phi) is 24.4. The molecular weight excluding hydrogens is 1940 g/mol. The van der Waals surface area contributed by atoms with Crippen LogP contribution in [-0.2, 0) is 58.9 Å². The van der Waals surface area contributed by atoms with Gasteiger partial charge in [-0.15, -0.1) is 15.3 Å². The summed E-state index contributed by atoms with van der Waals surface area (Å²) < 4.78 is 25.1. The Labute approximate surface area is 793 Å². The van der Waals surface area contributed by atoms with Gasteiger partial charge >= 0.3 is 0 Å². The predicted octanol–water partition coefficient (Wildman–Crippen LogP) is 14.0. The second-order valence-corrected chi connectivity index (χ2v) is 36.7. The summed E-state index contributed by atoms with van der Waals surface area (Å²) in [5.74, 6) is -0.320. The summed E-state index contributed by atoms with van der Waals surface area (Å²) in [5.41, 5.74) is 18.1. The van der Waals surface area contributed by atoms with Crippen molar-refractivity contribution < 1.29 is 28.8 Å². The lowest BCUT2D eigenvalue weighted by Crippen LogP contribution is -2.41. The van der Waals surface area contributed by atoms with Crippen LogP contribution in [0.3, 0.4) is 0 Å². The van der Waals surface area contributed by atoms with E-state index in [1.54, 1.807) is 110 Å². The summed E-state index contributed by atoms with van der Waals surface area (Å²) in [4.78, 5) is 87.4. The van der Waals surface area contributed by atoms with E-state index in [4.69, 9.17) is 34.8 Å². The van der Waals surface area contributed by atoms with Crippen LogP contribution >= 0.6 is 82.6 Å². The highest BCUT2D eigenvalue weighted by Gasteiger charge is 2.36. The Balaban J connectivity index is 0.000000102. The molecule has 0 aliphatic carbocycles. The summed E-state index contributed by atoms with van der Waals surface area (Å²) in [6.45, 7) is 22.5. The van der Waals surface area contributed by atoms with E-state index in [0.717, 1.165) is 89.8 Å². The molecule has 0 spiro atoms. The van der Waals surface area contributed by atoms with Gasteiger partial charge in [-0.25, -0.2) is 41.1 Å². The topological polar surface area (TPSA) is 333 Å². The molecule has 3 atom stereocenters. The maximum absolute atomic E-state index is 12.9. The third kappa shape index (κ3) is 17.8. The van der Waals surface area contributed by atoms with Crippen LogP contribution in [0.25, 0.3) is 33.1 Å². The van der Waals surface area contributed by atoms with Crippen molar-refractivity contribution in [1.82, 2.24) is 146 Å². The number of nitrogens with zero attached hydrogens (tertiary/aromatic N) is 30. The van der Waals surface area contributed by atoms with E-state index in [2.05, 4.69) is 187 Å². The molecule has 24 heterocycles. The smallest absolute Gasteiger partial charge is 0.275 e. The molecule has 6 aliphatic rings. The van der Waals surface area contributed by atoms with Gasteiger partial charge in [0, 0.05) is 144 Å². The van der Waals surface area contributed by atoms with Gasteiger partial charge in [0.15, 0.2) is 34.2 Å². The number of aryl methyl sites for hydroxylation is 3. The van der Waals surface area contributed by atoms with E-state index < -0.39 is 0 Å². The van der Waals surface area contributed by atoms with E-state index in [0.29, 0.717) is 121 Å². The lowest BCUT2D eigenvalue weighted by atomic mass is 10.1. The normalized spacial score (nSPS) is 16.0. The second kappa shape index (κ2) is 36.7. The largest absolute Gasteiger partial charge is 0.345 e. The van der Waals surface area contributed by atoms with Crippen molar-refractivity contribution in [1.29, 1.82) is 0 Å². The lowest BCUT2D eigenvalue weighted by molar-refractivity contribution is 0.0622. The van der Waals surface area contributed by atoms with Crippen LogP contribution < -0.4 is 0 Å². The molecule has 24 rings (SSSR count). The minimum atomic E-state index is -0.0974. The number of amides is 6. The van der Waals surface area contributed by atoms with Crippen molar-refractivity contribution >= 4 is 151 Å². The minimum absolute atomic E-state index is 0.00933. The molecule has 0 aromatic carbocycles. The number of carbonyl (C=O) groups is 6. The molecule has 6 amide bonds. The van der Waals surface area contributed by atoms with E-state index in [1.807, 2.05) is 139 Å². The Morgan fingerprint density at radius 3 is 0.970 bits per heavy atom. The molecule has 18 aromatic rings. The number of hydrogen-bond donors (Lipinski definition) is 0. The van der Waals surface area contributed by atoms with Gasteiger partial charge in [0.2, 0.25) is 0 Å². The van der Waals surface area contributed by atoms with Gasteiger partial charge in [0.05, 0.1) is 141 Å². The molecular formula is C90H84Br3Cl3N30O6. The average molecular weight is 2030 g/mol. The van der Waals surface area contributed by atoms with Crippen LogP contribution in [0.2, 0.25) is 15.1 Å². The Morgan fingerprint density at radius 2 is 0.583 bits per heavy atom. The van der Waals surface area contributed by atoms with Crippen molar-refractivity contribution in [2.24, 2.45) is 0 Å². The van der Waals surface area contributed by atoms with E-state index in [1.165, 1.54) is 34.2 Å². The quantitative estimate of drug-likeness (QED) is 0.149. The number of rotatable bonds is 6. The fourth-order valence-electron chi connectivity index (χ4n) is 17.4. The first kappa shape index (κ1) is 87.8. The number of pyridine rings is 6. The Hall–Kier alpha value is -13.5. The fraction of sp³-hybridized carbons (Fsp3) is 0.267. The molecule has 42 heteroatoms. The molecule has 36 nitrogen and oxygen atoms in total. The summed E-state index contributed by atoms with van der Waals surface area (Å²) >= 11 is 28.1. The number of hydrogen-bond acceptors (Lipinski definition) is 18. The van der Waals surface area contributed by atoms with Crippen molar-refractivity contribution in [2.75, 3.05) is 39.3 Å². The zero-order valence-corrected chi connectivity index (χ0v) is 79.1. The summed E-state index contributed by atoms with van der Waals surface area (Å²) in [6.07, 6.45) is 15.7. The van der Waals surface area contributed by atoms with Crippen molar-refractivity contribution in [3.63, 3.8) is 0 Å². The molecule has 18 aromatic heterocycles. The first-order valence-corrected chi connectivity index (χ1v) is 46.1. The average Bonchev–Trinajstić information content (AvgIpc) is 1.63. The van der Waals surface area contributed by atoms with Gasteiger partial charge in [-0.2, -0.15) is 30.6 Å². The summed E-state index contributed by atoms with van der Waals surface area (Å²) in [6, 6.07) is 45.9. The number of aromatic nitrogens is 24. The third-order valence-corrected chi connectivity index (χ3v) is 26.6. The maximum atomic E-state index is 12.9. The lowest BCUT2D eigenvalue weighted by Gasteiger charge is -2.35. The third-order valence-electron chi connectivity index (χ3n) is 24.5. The number of fused-ring (bicyclic) bond motifs is 12. The molecule has 0 saturated heterocycles. The van der Waals surface area contributed by atoms with Gasteiger partial charge in [-0.3, -0.25) is 28.8 Å². The monoisotopic (exact) mass is 2020 g/mol. The Morgan fingerprint density at radius 1 is 0.295 bits per heavy atom. The summed E-state index contributed by atoms with van der Waals surface area (Å²) in [7, 11) is 0. The zero-order valence-electron chi connectivity index (χ0n) is 72.0. The standard InChI is InChI=1S/C17H17BrN4O.C16H15BrN4O.C16H15ClN4O.C14H13BrN6O.C14H13ClN6O.C13H11ClN6O/c1-11-3-6-16-12(2)21(8-7-20(11)16)17(23)15-9-14-5-4-13(18)10-22(14)19-15;2*1-11-2-4-14-10-19(6-7-20(11)14)16(22)15-8-13-5-3-12(17)9-21(13)18-15;2*1-9-13-7-16-18-20(13)5-4-19(9)14(22)12-6-11-3-2-10(15)8-21(11)17-12;14-9-1-2-10-5-12(16-20(10)7-9)13(21)18-3-4-19-11(8-18)6-15-17-19/h3-6,9-10,12H,7-8H2,1-2H3;2*2-5,8-9H,6-7,10H2,1H3;2*2-3,6-9H,4-5H2,1H3;1-2,5-7H,3-4,8H2. The minimum Gasteiger partial charge on any atom is -0.345 e.